The van der Waals surface area contributed by atoms with Gasteiger partial charge in [-0.05, 0) is 31.2 Å². The van der Waals surface area contributed by atoms with Gasteiger partial charge in [0.05, 0.1) is 7.11 Å². The number of aromatic nitrogens is 1. The third-order valence-corrected chi connectivity index (χ3v) is 4.01. The van der Waals surface area contributed by atoms with E-state index in [-0.39, 0.29) is 11.6 Å². The second-order valence-corrected chi connectivity index (χ2v) is 5.90. The summed E-state index contributed by atoms with van der Waals surface area (Å²) in [6, 6.07) is 7.38. The molecule has 1 aromatic carbocycles. The molecular formula is C16H18N2O4S. The summed E-state index contributed by atoms with van der Waals surface area (Å²) in [5, 5.41) is 2.32. The van der Waals surface area contributed by atoms with E-state index >= 15 is 0 Å². The molecule has 0 aliphatic heterocycles. The fourth-order valence-corrected chi connectivity index (χ4v) is 2.66. The van der Waals surface area contributed by atoms with Gasteiger partial charge in [-0.3, -0.25) is 4.79 Å². The van der Waals surface area contributed by atoms with Crippen LogP contribution in [0.1, 0.15) is 17.4 Å². The topological polar surface area (TPSA) is 68.7 Å². The van der Waals surface area contributed by atoms with Crippen LogP contribution < -0.4 is 4.74 Å². The summed E-state index contributed by atoms with van der Waals surface area (Å²) < 4.78 is 10.2. The predicted octanol–water partition coefficient (Wildman–Crippen LogP) is 2.45. The van der Waals surface area contributed by atoms with Gasteiger partial charge in [0, 0.05) is 25.0 Å². The molecule has 0 spiro atoms. The Labute approximate surface area is 138 Å². The van der Waals surface area contributed by atoms with E-state index in [1.54, 1.807) is 26.6 Å². The van der Waals surface area contributed by atoms with Crippen LogP contribution in [0, 0.1) is 0 Å². The average molecular weight is 334 g/mol. The van der Waals surface area contributed by atoms with Crippen LogP contribution in [0.25, 0.3) is 10.6 Å². The van der Waals surface area contributed by atoms with Crippen molar-refractivity contribution in [2.24, 2.45) is 0 Å². The molecule has 2 aromatic rings. The molecule has 6 nitrogen and oxygen atoms in total. The second kappa shape index (κ2) is 7.23. The zero-order chi connectivity index (χ0) is 17.0. The maximum atomic E-state index is 12.1. The van der Waals surface area contributed by atoms with Crippen LogP contribution in [0.2, 0.25) is 0 Å². The van der Waals surface area contributed by atoms with E-state index in [9.17, 15) is 9.59 Å². The third-order valence-electron chi connectivity index (χ3n) is 3.12. The van der Waals surface area contributed by atoms with Gasteiger partial charge in [-0.1, -0.05) is 0 Å². The molecule has 0 aliphatic rings. The predicted molar refractivity (Wildman–Crippen MR) is 87.7 cm³/mol. The van der Waals surface area contributed by atoms with E-state index in [1.165, 1.54) is 23.2 Å². The summed E-state index contributed by atoms with van der Waals surface area (Å²) in [6.45, 7) is 1.54. The lowest BCUT2D eigenvalue weighted by molar-refractivity contribution is -0.137. The Bertz CT molecular complexity index is 694. The van der Waals surface area contributed by atoms with Crippen molar-refractivity contribution in [3.05, 3.63) is 35.3 Å². The molecular weight excluding hydrogens is 316 g/mol. The van der Waals surface area contributed by atoms with Crippen molar-refractivity contribution in [1.82, 2.24) is 9.88 Å². The SMILES string of the molecule is COc1ccc(-c2nc(C(=O)O[C@H](C)C(=O)N(C)C)cs2)cc1. The molecule has 0 unspecified atom stereocenters. The molecule has 23 heavy (non-hydrogen) atoms. The molecule has 0 saturated heterocycles. The first-order valence-electron chi connectivity index (χ1n) is 6.94. The zero-order valence-electron chi connectivity index (χ0n) is 13.4. The minimum absolute atomic E-state index is 0.194. The molecule has 1 heterocycles. The first kappa shape index (κ1) is 17.0. The Morgan fingerprint density at radius 1 is 1.22 bits per heavy atom. The van der Waals surface area contributed by atoms with Gasteiger partial charge in [0.25, 0.3) is 5.91 Å². The van der Waals surface area contributed by atoms with Crippen molar-refractivity contribution in [3.8, 4) is 16.3 Å². The number of esters is 1. The van der Waals surface area contributed by atoms with Crippen LogP contribution in [0.15, 0.2) is 29.6 Å². The Morgan fingerprint density at radius 3 is 2.43 bits per heavy atom. The quantitative estimate of drug-likeness (QED) is 0.786. The van der Waals surface area contributed by atoms with Crippen LogP contribution in [0.3, 0.4) is 0 Å². The molecule has 1 atom stereocenters. The summed E-state index contributed by atoms with van der Waals surface area (Å²) in [6.07, 6.45) is -0.844. The molecule has 0 aliphatic carbocycles. The Kier molecular flexibility index (Phi) is 5.33. The summed E-state index contributed by atoms with van der Waals surface area (Å²) in [7, 11) is 4.82. The number of hydrogen-bond donors (Lipinski definition) is 0. The standard InChI is InChI=1S/C16H18N2O4S/c1-10(15(19)18(2)3)22-16(20)13-9-23-14(17-13)11-5-7-12(21-4)8-6-11/h5-10H,1-4H3/t10-/m1/s1. The number of carbonyl (C=O) groups is 2. The van der Waals surface area contributed by atoms with Gasteiger partial charge >= 0.3 is 5.97 Å². The smallest absolute Gasteiger partial charge is 0.358 e. The fourth-order valence-electron chi connectivity index (χ4n) is 1.87. The molecule has 0 radical (unpaired) electrons. The average Bonchev–Trinajstić information content (AvgIpc) is 3.04. The number of benzene rings is 1. The van der Waals surface area contributed by atoms with E-state index in [0.29, 0.717) is 5.01 Å². The highest BCUT2D eigenvalue weighted by molar-refractivity contribution is 7.13. The van der Waals surface area contributed by atoms with Gasteiger partial charge in [0.2, 0.25) is 0 Å². The number of amides is 1. The highest BCUT2D eigenvalue weighted by atomic mass is 32.1. The number of likely N-dealkylation sites (N-methyl/N-ethyl adjacent to an activating group) is 1. The van der Waals surface area contributed by atoms with Gasteiger partial charge in [-0.2, -0.15) is 0 Å². The first-order chi connectivity index (χ1) is 10.9. The number of nitrogens with zero attached hydrogens (tertiary/aromatic N) is 2. The monoisotopic (exact) mass is 334 g/mol. The Morgan fingerprint density at radius 2 is 1.87 bits per heavy atom. The minimum Gasteiger partial charge on any atom is -0.497 e. The molecule has 0 saturated carbocycles. The van der Waals surface area contributed by atoms with Gasteiger partial charge in [-0.25, -0.2) is 9.78 Å². The summed E-state index contributed by atoms with van der Waals surface area (Å²) in [4.78, 5) is 29.4. The number of thiazole rings is 1. The van der Waals surface area contributed by atoms with Crippen molar-refractivity contribution in [3.63, 3.8) is 0 Å². The number of methoxy groups -OCH3 is 1. The maximum Gasteiger partial charge on any atom is 0.358 e. The van der Waals surface area contributed by atoms with E-state index in [0.717, 1.165) is 11.3 Å². The molecule has 1 aromatic heterocycles. The van der Waals surface area contributed by atoms with Crippen LogP contribution in [-0.4, -0.2) is 49.1 Å². The molecule has 122 valence electrons. The largest absolute Gasteiger partial charge is 0.497 e. The highest BCUT2D eigenvalue weighted by Crippen LogP contribution is 2.26. The lowest BCUT2D eigenvalue weighted by Crippen LogP contribution is -2.34. The van der Waals surface area contributed by atoms with E-state index in [1.807, 2.05) is 24.3 Å². The molecule has 0 bridgehead atoms. The fraction of sp³-hybridized carbons (Fsp3) is 0.312. The molecule has 0 N–H and O–H groups in total. The van der Waals surface area contributed by atoms with Gasteiger partial charge < -0.3 is 14.4 Å². The van der Waals surface area contributed by atoms with Crippen LogP contribution in [-0.2, 0) is 9.53 Å². The lowest BCUT2D eigenvalue weighted by atomic mass is 10.2. The summed E-state index contributed by atoms with van der Waals surface area (Å²) >= 11 is 1.34. The van der Waals surface area contributed by atoms with Gasteiger partial charge in [-0.15, -0.1) is 11.3 Å². The lowest BCUT2D eigenvalue weighted by Gasteiger charge is -2.16. The van der Waals surface area contributed by atoms with E-state index < -0.39 is 12.1 Å². The van der Waals surface area contributed by atoms with Crippen LogP contribution in [0.5, 0.6) is 5.75 Å². The van der Waals surface area contributed by atoms with Crippen molar-refractivity contribution in [2.75, 3.05) is 21.2 Å². The zero-order valence-corrected chi connectivity index (χ0v) is 14.2. The molecule has 1 amide bonds. The first-order valence-corrected chi connectivity index (χ1v) is 7.82. The van der Waals surface area contributed by atoms with E-state index in [2.05, 4.69) is 4.98 Å². The number of carbonyl (C=O) groups excluding carboxylic acids is 2. The maximum absolute atomic E-state index is 12.1. The Balaban J connectivity index is 2.08. The van der Waals surface area contributed by atoms with Gasteiger partial charge in [0.15, 0.2) is 11.8 Å². The molecule has 7 heteroatoms. The highest BCUT2D eigenvalue weighted by Gasteiger charge is 2.22. The number of ether oxygens (including phenoxy) is 2. The van der Waals surface area contributed by atoms with Crippen LogP contribution in [0.4, 0.5) is 0 Å². The van der Waals surface area contributed by atoms with Crippen LogP contribution >= 0.6 is 11.3 Å². The van der Waals surface area contributed by atoms with Gasteiger partial charge in [0.1, 0.15) is 10.8 Å². The van der Waals surface area contributed by atoms with Crippen molar-refractivity contribution in [2.45, 2.75) is 13.0 Å². The normalized spacial score (nSPS) is 11.7. The minimum atomic E-state index is -0.844. The van der Waals surface area contributed by atoms with Crippen molar-refractivity contribution < 1.29 is 19.1 Å². The molecule has 0 fully saturated rings. The van der Waals surface area contributed by atoms with Crippen molar-refractivity contribution in [1.29, 1.82) is 0 Å². The van der Waals surface area contributed by atoms with Crippen molar-refractivity contribution >= 4 is 23.2 Å². The Hall–Kier alpha value is -2.41. The van der Waals surface area contributed by atoms with E-state index in [4.69, 9.17) is 9.47 Å². The third kappa shape index (κ3) is 4.07. The molecule has 2 rings (SSSR count). The summed E-state index contributed by atoms with van der Waals surface area (Å²) in [5.74, 6) is -0.131. The summed E-state index contributed by atoms with van der Waals surface area (Å²) in [5.41, 5.74) is 1.08. The second-order valence-electron chi connectivity index (χ2n) is 5.05. The number of hydrogen-bond acceptors (Lipinski definition) is 6. The number of rotatable bonds is 5.